The molecule has 1 saturated carbocycles. The van der Waals surface area contributed by atoms with Crippen molar-refractivity contribution in [2.24, 2.45) is 5.92 Å². The predicted octanol–water partition coefficient (Wildman–Crippen LogP) is 4.80. The van der Waals surface area contributed by atoms with Crippen LogP contribution in [-0.2, 0) is 28.8 Å². The van der Waals surface area contributed by atoms with Crippen LogP contribution in [0.15, 0.2) is 24.3 Å². The first-order chi connectivity index (χ1) is 17.3. The summed E-state index contributed by atoms with van der Waals surface area (Å²) in [7, 11) is 0. The molecule has 0 saturated heterocycles. The number of ether oxygens (including phenoxy) is 1. The Balaban J connectivity index is 1.19. The van der Waals surface area contributed by atoms with Crippen molar-refractivity contribution in [2.75, 3.05) is 6.61 Å². The maximum Gasteiger partial charge on any atom is 0.326 e. The molecule has 0 unspecified atom stereocenters. The molecule has 1 atom stereocenters. The van der Waals surface area contributed by atoms with Crippen molar-refractivity contribution in [3.05, 3.63) is 62.9 Å². The van der Waals surface area contributed by atoms with Crippen LogP contribution in [0.25, 0.3) is 0 Å². The van der Waals surface area contributed by atoms with Gasteiger partial charge >= 0.3 is 5.97 Å². The second-order valence-corrected chi connectivity index (χ2v) is 10.3. The Bertz CT molecular complexity index is 1150. The number of carbonyl (C=O) groups excluding carboxylic acids is 1. The van der Waals surface area contributed by atoms with E-state index < -0.39 is 17.9 Å². The first kappa shape index (κ1) is 26.1. The van der Waals surface area contributed by atoms with E-state index in [1.807, 2.05) is 6.07 Å². The molecule has 0 radical (unpaired) electrons. The van der Waals surface area contributed by atoms with E-state index in [0.717, 1.165) is 38.5 Å². The normalized spacial score (nSPS) is 19.5. The largest absolute Gasteiger partial charge is 0.480 e. The molecule has 36 heavy (non-hydrogen) atoms. The lowest BCUT2D eigenvalue weighted by Crippen LogP contribution is -2.42. The van der Waals surface area contributed by atoms with Gasteiger partial charge in [-0.05, 0) is 93.5 Å². The molecule has 1 heterocycles. The number of amides is 1. The third-order valence-corrected chi connectivity index (χ3v) is 7.54. The quantitative estimate of drug-likeness (QED) is 0.476. The average Bonchev–Trinajstić information content (AvgIpc) is 2.83. The van der Waals surface area contributed by atoms with E-state index in [1.165, 1.54) is 35.9 Å². The van der Waals surface area contributed by atoms with Gasteiger partial charge in [0.05, 0.1) is 28.3 Å². The summed E-state index contributed by atoms with van der Waals surface area (Å²) >= 11 is 6.17. The van der Waals surface area contributed by atoms with Crippen LogP contribution in [0, 0.1) is 24.2 Å². The molecule has 8 heteroatoms. The Morgan fingerprint density at radius 3 is 2.78 bits per heavy atom. The summed E-state index contributed by atoms with van der Waals surface area (Å²) in [6.07, 6.45) is 9.05. The molecule has 0 aliphatic heterocycles. The van der Waals surface area contributed by atoms with Gasteiger partial charge in [-0.3, -0.25) is 9.78 Å². The Hall–Kier alpha value is -2.95. The maximum atomic E-state index is 12.7. The topological polar surface area (TPSA) is 112 Å². The number of halogens is 1. The number of nitrogens with zero attached hydrogens (tertiary/aromatic N) is 2. The number of hydrogen-bond donors (Lipinski definition) is 2. The number of carboxylic acids is 1. The molecule has 0 spiro atoms. The summed E-state index contributed by atoms with van der Waals surface area (Å²) in [6.45, 7) is 1.91. The van der Waals surface area contributed by atoms with Crippen molar-refractivity contribution in [1.82, 2.24) is 10.3 Å². The van der Waals surface area contributed by atoms with Gasteiger partial charge in [-0.15, -0.1) is 0 Å². The van der Waals surface area contributed by atoms with Crippen LogP contribution in [-0.4, -0.2) is 40.7 Å². The van der Waals surface area contributed by atoms with Gasteiger partial charge in [-0.2, -0.15) is 5.26 Å². The second kappa shape index (κ2) is 11.9. The smallest absolute Gasteiger partial charge is 0.326 e. The highest BCUT2D eigenvalue weighted by atomic mass is 35.5. The van der Waals surface area contributed by atoms with Crippen LogP contribution < -0.4 is 5.32 Å². The van der Waals surface area contributed by atoms with E-state index in [9.17, 15) is 14.7 Å². The molecule has 1 fully saturated rings. The van der Waals surface area contributed by atoms with Crippen LogP contribution in [0.3, 0.4) is 0 Å². The van der Waals surface area contributed by atoms with Crippen molar-refractivity contribution < 1.29 is 19.4 Å². The van der Waals surface area contributed by atoms with Gasteiger partial charge < -0.3 is 15.2 Å². The van der Waals surface area contributed by atoms with Gasteiger partial charge in [0, 0.05) is 24.4 Å². The van der Waals surface area contributed by atoms with Crippen molar-refractivity contribution in [2.45, 2.75) is 76.9 Å². The number of benzene rings is 1. The highest BCUT2D eigenvalue weighted by molar-refractivity contribution is 6.34. The molecule has 1 amide bonds. The van der Waals surface area contributed by atoms with Crippen molar-refractivity contribution in [3.63, 3.8) is 0 Å². The molecular weight excluding hydrogens is 478 g/mol. The van der Waals surface area contributed by atoms with Crippen molar-refractivity contribution in [3.8, 4) is 6.07 Å². The number of aromatic nitrogens is 1. The number of nitriles is 1. The highest BCUT2D eigenvalue weighted by Gasteiger charge is 2.30. The summed E-state index contributed by atoms with van der Waals surface area (Å²) in [5.74, 6) is -1.10. The van der Waals surface area contributed by atoms with Gasteiger partial charge in [0.2, 0.25) is 0 Å². The van der Waals surface area contributed by atoms with Gasteiger partial charge in [0.15, 0.2) is 0 Å². The van der Waals surface area contributed by atoms with Gasteiger partial charge in [-0.1, -0.05) is 17.7 Å². The fourth-order valence-electron chi connectivity index (χ4n) is 5.10. The third kappa shape index (κ3) is 6.43. The van der Waals surface area contributed by atoms with E-state index in [1.54, 1.807) is 13.0 Å². The van der Waals surface area contributed by atoms with E-state index in [2.05, 4.69) is 17.4 Å². The third-order valence-electron chi connectivity index (χ3n) is 7.24. The van der Waals surface area contributed by atoms with Gasteiger partial charge in [0.25, 0.3) is 5.91 Å². The standard InChI is InChI=1S/C28H32ClN3O4/c1-17-12-19(16-30)15-23(29)26(17)27(33)32-25(28(34)35)10-11-36-22-13-18(14-22)6-8-21-9-7-20-4-2-3-5-24(20)31-21/h7,9,12,15,18,22,25H,2-6,8,10-11,13-14H2,1H3,(H,32,33)(H,34,35)/t18?,22?,25-/m0/s1. The lowest BCUT2D eigenvalue weighted by molar-refractivity contribution is -0.140. The van der Waals surface area contributed by atoms with Crippen LogP contribution in [0.1, 0.15) is 77.0 Å². The van der Waals surface area contributed by atoms with Crippen LogP contribution >= 0.6 is 11.6 Å². The highest BCUT2D eigenvalue weighted by Crippen LogP contribution is 2.34. The second-order valence-electron chi connectivity index (χ2n) is 9.90. The maximum absolute atomic E-state index is 12.7. The molecule has 1 aromatic carbocycles. The lowest BCUT2D eigenvalue weighted by Gasteiger charge is -2.35. The fourth-order valence-corrected chi connectivity index (χ4v) is 5.45. The number of aliphatic carboxylic acids is 1. The van der Waals surface area contributed by atoms with Crippen LogP contribution in [0.2, 0.25) is 5.02 Å². The molecule has 0 bridgehead atoms. The molecule has 190 valence electrons. The Morgan fingerprint density at radius 2 is 2.06 bits per heavy atom. The Kier molecular flexibility index (Phi) is 8.60. The average molecular weight is 510 g/mol. The monoisotopic (exact) mass is 509 g/mol. The number of pyridine rings is 1. The zero-order valence-corrected chi connectivity index (χ0v) is 21.3. The first-order valence-corrected chi connectivity index (χ1v) is 13.0. The summed E-state index contributed by atoms with van der Waals surface area (Å²) in [6, 6.07) is 8.26. The van der Waals surface area contributed by atoms with Crippen molar-refractivity contribution >= 4 is 23.5 Å². The van der Waals surface area contributed by atoms with E-state index in [-0.39, 0.29) is 29.7 Å². The van der Waals surface area contributed by atoms with Gasteiger partial charge in [0.1, 0.15) is 6.04 Å². The molecule has 2 N–H and O–H groups in total. The number of fused-ring (bicyclic) bond motifs is 1. The zero-order valence-electron chi connectivity index (χ0n) is 20.6. The molecule has 1 aromatic heterocycles. The Labute approximate surface area is 216 Å². The van der Waals surface area contributed by atoms with Gasteiger partial charge in [-0.25, -0.2) is 4.79 Å². The predicted molar refractivity (Wildman–Crippen MR) is 136 cm³/mol. The number of carbonyl (C=O) groups is 2. The number of carboxylic acid groups (broad SMARTS) is 1. The molecule has 2 aliphatic carbocycles. The minimum absolute atomic E-state index is 0.121. The van der Waals surface area contributed by atoms with Crippen molar-refractivity contribution in [1.29, 1.82) is 5.26 Å². The summed E-state index contributed by atoms with van der Waals surface area (Å²) in [5.41, 5.74) is 4.91. The number of aryl methyl sites for hydroxylation is 4. The molecule has 4 rings (SSSR count). The number of nitrogens with one attached hydrogen (secondary N) is 1. The summed E-state index contributed by atoms with van der Waals surface area (Å²) in [4.78, 5) is 29.3. The summed E-state index contributed by atoms with van der Waals surface area (Å²) < 4.78 is 5.89. The minimum Gasteiger partial charge on any atom is -0.480 e. The lowest BCUT2D eigenvalue weighted by atomic mass is 9.79. The minimum atomic E-state index is -1.13. The van der Waals surface area contributed by atoms with Crippen LogP contribution in [0.5, 0.6) is 0 Å². The van der Waals surface area contributed by atoms with Crippen LogP contribution in [0.4, 0.5) is 0 Å². The Morgan fingerprint density at radius 1 is 1.28 bits per heavy atom. The zero-order chi connectivity index (χ0) is 25.7. The van der Waals surface area contributed by atoms with E-state index >= 15 is 0 Å². The molecule has 7 nitrogen and oxygen atoms in total. The molecule has 2 aliphatic rings. The number of rotatable bonds is 10. The fraction of sp³-hybridized carbons (Fsp3) is 0.500. The summed E-state index contributed by atoms with van der Waals surface area (Å²) in [5, 5.41) is 21.3. The molecule has 2 aromatic rings. The molecular formula is C28H32ClN3O4. The first-order valence-electron chi connectivity index (χ1n) is 12.7. The SMILES string of the molecule is Cc1cc(C#N)cc(Cl)c1C(=O)N[C@@H](CCOC1CC(CCc2ccc3c(n2)CCCC3)C1)C(=O)O. The van der Waals surface area contributed by atoms with E-state index in [0.29, 0.717) is 17.0 Å². The van der Waals surface area contributed by atoms with E-state index in [4.69, 9.17) is 26.6 Å². The number of hydrogen-bond acceptors (Lipinski definition) is 5.